The van der Waals surface area contributed by atoms with Crippen LogP contribution in [0.1, 0.15) is 72.1 Å². The van der Waals surface area contributed by atoms with E-state index in [4.69, 9.17) is 14.2 Å². The molecule has 206 valence electrons. The summed E-state index contributed by atoms with van der Waals surface area (Å²) in [6, 6.07) is 0. The standard InChI is InChI=1S/C30H39NO7/c1-15-11-31-12-19-8-26(38-17(3)33)7-18-5-6-20-21(24(34)36-4)9-27(23(18)20)14-28(10-22(15)30(28,31)35)25(37-16(2)32)29(19,27)13-26/h15,19-22,25,35H,5-14H2,1-4H3. The molecule has 3 bridgehead atoms. The number of methoxy groups -OCH3 is 1. The highest BCUT2D eigenvalue weighted by Crippen LogP contribution is 2.88. The van der Waals surface area contributed by atoms with Crippen LogP contribution in [-0.2, 0) is 28.6 Å². The third-order valence-electron chi connectivity index (χ3n) is 13.2. The van der Waals surface area contributed by atoms with E-state index < -0.39 is 28.3 Å². The van der Waals surface area contributed by atoms with E-state index in [1.807, 2.05) is 0 Å². The fraction of sp³-hybridized carbons (Fsp3) is 0.833. The number of nitrogens with zero attached hydrogens (tertiary/aromatic N) is 1. The number of hydrogen-bond acceptors (Lipinski definition) is 8. The van der Waals surface area contributed by atoms with E-state index in [0.29, 0.717) is 38.1 Å². The lowest BCUT2D eigenvalue weighted by Gasteiger charge is -2.62. The minimum atomic E-state index is -1.02. The van der Waals surface area contributed by atoms with Crippen LogP contribution < -0.4 is 0 Å². The molecule has 8 nitrogen and oxygen atoms in total. The molecule has 2 aliphatic heterocycles. The first-order valence-electron chi connectivity index (χ1n) is 14.6. The molecule has 11 unspecified atom stereocenters. The zero-order valence-electron chi connectivity index (χ0n) is 22.9. The van der Waals surface area contributed by atoms with Crippen molar-refractivity contribution in [3.63, 3.8) is 0 Å². The van der Waals surface area contributed by atoms with Crippen LogP contribution in [0, 0.1) is 45.8 Å². The third-order valence-corrected chi connectivity index (χ3v) is 13.2. The molecule has 38 heavy (non-hydrogen) atoms. The number of aliphatic hydroxyl groups is 1. The smallest absolute Gasteiger partial charge is 0.309 e. The van der Waals surface area contributed by atoms with Gasteiger partial charge in [0.1, 0.15) is 17.4 Å². The number of hydrogen-bond donors (Lipinski definition) is 1. The molecule has 3 spiro atoms. The Balaban J connectivity index is 1.42. The fourth-order valence-corrected chi connectivity index (χ4v) is 12.8. The van der Waals surface area contributed by atoms with E-state index >= 15 is 0 Å². The summed E-state index contributed by atoms with van der Waals surface area (Å²) in [7, 11) is 1.48. The SMILES string of the molecule is COC(=O)C1CC23CC45CC6C(C)CN(CC7CC(OC(C)=O)(CC8=C2C1CC8)CC73C4OC(C)=O)C65O. The van der Waals surface area contributed by atoms with Gasteiger partial charge in [-0.2, -0.15) is 0 Å². The quantitative estimate of drug-likeness (QED) is 0.341. The predicted octanol–water partition coefficient (Wildman–Crippen LogP) is 2.97. The second-order valence-corrected chi connectivity index (χ2v) is 14.4. The van der Waals surface area contributed by atoms with Crippen LogP contribution in [0.15, 0.2) is 11.1 Å². The zero-order valence-corrected chi connectivity index (χ0v) is 22.9. The van der Waals surface area contributed by atoms with Crippen molar-refractivity contribution in [2.75, 3.05) is 20.2 Å². The largest absolute Gasteiger partial charge is 0.469 e. The average molecular weight is 526 g/mol. The summed E-state index contributed by atoms with van der Waals surface area (Å²) >= 11 is 0. The summed E-state index contributed by atoms with van der Waals surface area (Å²) in [5.41, 5.74) is -0.388. The number of esters is 3. The maximum Gasteiger partial charge on any atom is 0.309 e. The fourth-order valence-electron chi connectivity index (χ4n) is 12.8. The van der Waals surface area contributed by atoms with Gasteiger partial charge >= 0.3 is 17.9 Å². The Labute approximate surface area is 223 Å². The molecular formula is C30H39NO7. The van der Waals surface area contributed by atoms with E-state index in [1.165, 1.54) is 32.1 Å². The summed E-state index contributed by atoms with van der Waals surface area (Å²) < 4.78 is 18.2. The Kier molecular flexibility index (Phi) is 4.31. The van der Waals surface area contributed by atoms with Gasteiger partial charge in [-0.25, -0.2) is 0 Å². The molecule has 8 aliphatic rings. The average Bonchev–Trinajstić information content (AvgIpc) is 3.55. The summed E-state index contributed by atoms with van der Waals surface area (Å²) in [6.45, 7) is 6.75. The highest BCUT2D eigenvalue weighted by molar-refractivity contribution is 5.76. The molecule has 1 N–H and O–H groups in total. The third kappa shape index (κ3) is 2.27. The van der Waals surface area contributed by atoms with Crippen LogP contribution in [-0.4, -0.2) is 65.5 Å². The van der Waals surface area contributed by atoms with Crippen molar-refractivity contribution in [2.24, 2.45) is 45.8 Å². The zero-order chi connectivity index (χ0) is 26.6. The number of rotatable bonds is 3. The van der Waals surface area contributed by atoms with Crippen LogP contribution in [0.5, 0.6) is 0 Å². The van der Waals surface area contributed by atoms with Crippen molar-refractivity contribution in [1.29, 1.82) is 0 Å². The lowest BCUT2D eigenvalue weighted by molar-refractivity contribution is -0.298. The van der Waals surface area contributed by atoms with E-state index in [0.717, 1.165) is 32.2 Å². The maximum atomic E-state index is 13.3. The molecule has 0 amide bonds. The van der Waals surface area contributed by atoms with Gasteiger partial charge in [-0.15, -0.1) is 0 Å². The number of ether oxygens (including phenoxy) is 3. The summed E-state index contributed by atoms with van der Waals surface area (Å²) in [6.07, 6.45) is 5.59. The number of fused-ring (bicyclic) bond motifs is 1. The van der Waals surface area contributed by atoms with Crippen LogP contribution >= 0.6 is 0 Å². The second kappa shape index (κ2) is 6.85. The maximum absolute atomic E-state index is 13.3. The molecule has 2 heterocycles. The molecule has 6 fully saturated rings. The number of carbonyl (C=O) groups excluding carboxylic acids is 3. The van der Waals surface area contributed by atoms with Crippen molar-refractivity contribution in [3.05, 3.63) is 11.1 Å². The Morgan fingerprint density at radius 1 is 1.05 bits per heavy atom. The van der Waals surface area contributed by atoms with Crippen LogP contribution in [0.4, 0.5) is 0 Å². The molecule has 8 heteroatoms. The van der Waals surface area contributed by atoms with Crippen molar-refractivity contribution in [3.8, 4) is 0 Å². The molecule has 6 aliphatic carbocycles. The van der Waals surface area contributed by atoms with Gasteiger partial charge in [-0.3, -0.25) is 19.3 Å². The first-order chi connectivity index (χ1) is 18.0. The van der Waals surface area contributed by atoms with Gasteiger partial charge in [0.25, 0.3) is 0 Å². The van der Waals surface area contributed by atoms with E-state index in [-0.39, 0.29) is 47.0 Å². The molecule has 2 saturated heterocycles. The monoisotopic (exact) mass is 525 g/mol. The highest BCUT2D eigenvalue weighted by atomic mass is 16.6. The van der Waals surface area contributed by atoms with Crippen molar-refractivity contribution >= 4 is 17.9 Å². The van der Waals surface area contributed by atoms with Crippen LogP contribution in [0.25, 0.3) is 0 Å². The molecular weight excluding hydrogens is 486 g/mol. The second-order valence-electron chi connectivity index (χ2n) is 14.4. The van der Waals surface area contributed by atoms with Crippen molar-refractivity contribution in [1.82, 2.24) is 4.90 Å². The van der Waals surface area contributed by atoms with Gasteiger partial charge in [0.2, 0.25) is 0 Å². The topological polar surface area (TPSA) is 102 Å². The van der Waals surface area contributed by atoms with Crippen LogP contribution in [0.3, 0.4) is 0 Å². The molecule has 11 atom stereocenters. The Morgan fingerprint density at radius 2 is 1.84 bits per heavy atom. The molecule has 0 aromatic carbocycles. The minimum Gasteiger partial charge on any atom is -0.469 e. The lowest BCUT2D eigenvalue weighted by atomic mass is 9.50. The molecule has 8 rings (SSSR count). The Morgan fingerprint density at radius 3 is 2.55 bits per heavy atom. The molecule has 0 radical (unpaired) electrons. The van der Waals surface area contributed by atoms with Gasteiger partial charge in [-0.1, -0.05) is 18.1 Å². The number of allylic oxidation sites excluding steroid dienone is 1. The normalized spacial score (nSPS) is 54.6. The minimum absolute atomic E-state index is 0.0813. The van der Waals surface area contributed by atoms with E-state index in [2.05, 4.69) is 11.8 Å². The van der Waals surface area contributed by atoms with Gasteiger partial charge in [-0.05, 0) is 62.7 Å². The van der Waals surface area contributed by atoms with E-state index in [9.17, 15) is 19.5 Å². The Bertz CT molecular complexity index is 1230. The molecule has 0 aromatic rings. The summed E-state index contributed by atoms with van der Waals surface area (Å²) in [4.78, 5) is 41.0. The van der Waals surface area contributed by atoms with Gasteiger partial charge in [0.15, 0.2) is 0 Å². The van der Waals surface area contributed by atoms with Gasteiger partial charge < -0.3 is 19.3 Å². The van der Waals surface area contributed by atoms with Gasteiger partial charge in [0.05, 0.1) is 18.4 Å². The Hall–Kier alpha value is -1.93. The van der Waals surface area contributed by atoms with Gasteiger partial charge in [0, 0.05) is 50.1 Å². The van der Waals surface area contributed by atoms with Crippen molar-refractivity contribution in [2.45, 2.75) is 89.6 Å². The van der Waals surface area contributed by atoms with E-state index in [1.54, 1.807) is 0 Å². The first-order valence-corrected chi connectivity index (χ1v) is 14.6. The molecule has 0 aromatic heterocycles. The lowest BCUT2D eigenvalue weighted by Crippen LogP contribution is -2.72. The summed E-state index contributed by atoms with van der Waals surface area (Å²) in [5.74, 6) is -0.248. The van der Waals surface area contributed by atoms with Crippen molar-refractivity contribution < 1.29 is 33.7 Å². The molecule has 4 saturated carbocycles. The predicted molar refractivity (Wildman–Crippen MR) is 133 cm³/mol. The first kappa shape index (κ1) is 23.9. The highest BCUT2D eigenvalue weighted by Gasteiger charge is 2.90. The van der Waals surface area contributed by atoms with Crippen LogP contribution in [0.2, 0.25) is 0 Å². The number of carbonyl (C=O) groups is 3. The summed E-state index contributed by atoms with van der Waals surface area (Å²) in [5, 5.41) is 12.7.